The van der Waals surface area contributed by atoms with Crippen molar-refractivity contribution in [3.8, 4) is 51.3 Å². The first kappa shape index (κ1) is 43.4. The molecule has 10 rings (SSSR count). The summed E-state index contributed by atoms with van der Waals surface area (Å²) < 4.78 is 39.8. The van der Waals surface area contributed by atoms with Gasteiger partial charge in [0.05, 0.1) is 0 Å². The number of rotatable bonds is 4. The van der Waals surface area contributed by atoms with Crippen molar-refractivity contribution in [3.05, 3.63) is 115 Å². The van der Waals surface area contributed by atoms with Gasteiger partial charge in [-0.05, 0) is 0 Å². The molecule has 5 aromatic carbocycles. The fraction of sp³-hybridized carbons (Fsp3) is 0. The van der Waals surface area contributed by atoms with E-state index in [4.69, 9.17) is 33.5 Å². The zero-order valence-corrected chi connectivity index (χ0v) is 30.7. The Morgan fingerprint density at radius 2 is 0.893 bits per heavy atom. The van der Waals surface area contributed by atoms with Gasteiger partial charge in [-0.25, -0.2) is 0 Å². The summed E-state index contributed by atoms with van der Waals surface area (Å²) in [6.45, 7) is 0. The molecule has 0 radical (unpaired) electrons. The summed E-state index contributed by atoms with van der Waals surface area (Å²) >= 11 is -2.02. The van der Waals surface area contributed by atoms with Crippen LogP contribution in [0.3, 0.4) is 0 Å². The first-order valence-corrected chi connectivity index (χ1v) is 20.4. The molecule has 5 heterocycles. The van der Waals surface area contributed by atoms with Gasteiger partial charge in [0.15, 0.2) is 0 Å². The maximum atomic E-state index is 11.6. The second kappa shape index (κ2) is 17.6. The van der Waals surface area contributed by atoms with Gasteiger partial charge in [-0.15, -0.1) is 0 Å². The fourth-order valence-electron chi connectivity index (χ4n) is 6.75. The monoisotopic (exact) mass is 846 g/mol. The maximum absolute atomic E-state index is 11.6. The third-order valence-corrected chi connectivity index (χ3v) is 12.9. The molecule has 2 aliphatic rings. The number of nitrogens with one attached hydrogen (secondary N) is 2. The summed E-state index contributed by atoms with van der Waals surface area (Å²) in [7, 11) is -4.31. The molecule has 12 nitrogen and oxygen atoms in total. The van der Waals surface area contributed by atoms with Crippen LogP contribution < -0.4 is 7.72 Å². The minimum atomic E-state index is -4.31. The average molecular weight is 848 g/mol. The Morgan fingerprint density at radius 3 is 1.38 bits per heavy atom. The van der Waals surface area contributed by atoms with Crippen molar-refractivity contribution in [1.29, 1.82) is 0 Å². The van der Waals surface area contributed by atoms with Crippen molar-refractivity contribution in [2.45, 2.75) is 4.90 Å². The molecule has 3 N–H and O–H groups in total. The summed E-state index contributed by atoms with van der Waals surface area (Å²) in [4.78, 5) is 37.0. The molecule has 56 heavy (non-hydrogen) atoms. The number of aromatic amines is 2. The molecule has 0 saturated heterocycles. The Labute approximate surface area is 416 Å². The Morgan fingerprint density at radius 1 is 0.482 bits per heavy atom. The van der Waals surface area contributed by atoms with Crippen LogP contribution in [0.1, 0.15) is 0 Å². The van der Waals surface area contributed by atoms with E-state index < -0.39 is 27.6 Å². The van der Waals surface area contributed by atoms with E-state index in [0.29, 0.717) is 51.6 Å². The van der Waals surface area contributed by atoms with Gasteiger partial charge < -0.3 is 0 Å². The van der Waals surface area contributed by atoms with Crippen molar-refractivity contribution < 1.29 is 34.0 Å². The summed E-state index contributed by atoms with van der Waals surface area (Å²) in [6.07, 6.45) is 0. The first-order chi connectivity index (χ1) is 25.4. The van der Waals surface area contributed by atoms with Gasteiger partial charge >= 0.3 is 416 Å². The van der Waals surface area contributed by atoms with Crippen LogP contribution in [0.5, 0.6) is 5.75 Å². The molecular weight excluding hydrogens is 822 g/mol. The predicted molar refractivity (Wildman–Crippen MR) is 221 cm³/mol. The van der Waals surface area contributed by atoms with E-state index >= 15 is 0 Å². The molecule has 0 saturated carbocycles. The topological polar surface area (TPSA) is 173 Å². The van der Waals surface area contributed by atoms with Crippen LogP contribution in [0.4, 0.5) is 0 Å². The van der Waals surface area contributed by atoms with Gasteiger partial charge in [0.1, 0.15) is 0 Å². The second-order valence-electron chi connectivity index (χ2n) is 12.3. The number of fused-ring (bicyclic) bond motifs is 20. The molecule has 0 unspecified atom stereocenters. The number of aromatic nitrogens is 8. The number of H-pyrrole nitrogens is 2. The molecule has 0 aliphatic carbocycles. The van der Waals surface area contributed by atoms with Crippen molar-refractivity contribution in [2.24, 2.45) is 0 Å². The van der Waals surface area contributed by atoms with E-state index in [-0.39, 0.29) is 123 Å². The van der Waals surface area contributed by atoms with Crippen LogP contribution >= 0.6 is 0 Å². The Hall–Kier alpha value is -2.21. The van der Waals surface area contributed by atoms with E-state index in [9.17, 15) is 13.0 Å². The second-order valence-corrected chi connectivity index (χ2v) is 16.6. The minimum absolute atomic E-state index is 0. The van der Waals surface area contributed by atoms with Gasteiger partial charge in [0.25, 0.3) is 0 Å². The van der Waals surface area contributed by atoms with Crippen LogP contribution in [0.25, 0.3) is 89.7 Å². The van der Waals surface area contributed by atoms with Gasteiger partial charge in [-0.3, -0.25) is 0 Å². The summed E-state index contributed by atoms with van der Waals surface area (Å²) in [6, 6.07) is 35.4. The van der Waals surface area contributed by atoms with E-state index in [1.807, 2.05) is 91.0 Å². The molecule has 0 atom stereocenters. The van der Waals surface area contributed by atoms with E-state index in [1.54, 1.807) is 12.1 Å². The standard InChI is InChI=1S/C32H17N8.C6H6O4S.4Na.Zn.4H/c1-2-10-18-17(9-1)25-33-26(18)38-28-21-13-5-6-14-22(21)30(35-28)40-32-24-16-8-7-15-23(24)31(36-32)39-29-20-12-4-3-11-19(20)27(34-29)37-25;7-5-1-3-6(4-2-5)11(8,9)10;;;;;;;;;/h1-15H,(H2,33,34,35,36,37,38,39,40);1-4,7H,(H,8,9,10);;;;;;;;;/q;;;;;;+1;;;;/p-1. The molecular formula is C38H26N8Na4O4SZn. The molecule has 0 spiro atoms. The zero-order valence-electron chi connectivity index (χ0n) is 26.9. The molecule has 0 amide bonds. The molecule has 254 valence electrons. The summed E-state index contributed by atoms with van der Waals surface area (Å²) in [5.74, 6) is 2.57. The third-order valence-electron chi connectivity index (χ3n) is 9.18. The number of hydrogen-bond donors (Lipinski definition) is 3. The predicted octanol–water partition coefficient (Wildman–Crippen LogP) is 4.22. The molecule has 8 bridgehead atoms. The normalized spacial score (nSPS) is 11.2. The van der Waals surface area contributed by atoms with Crippen molar-refractivity contribution in [3.63, 3.8) is 0 Å². The number of benzene rings is 5. The molecule has 0 fully saturated rings. The van der Waals surface area contributed by atoms with Crippen LogP contribution in [0.15, 0.2) is 120 Å². The van der Waals surface area contributed by atoms with E-state index in [2.05, 4.69) is 9.97 Å². The Kier molecular flexibility index (Phi) is 13.6. The van der Waals surface area contributed by atoms with Gasteiger partial charge in [-0.1, -0.05) is 6.07 Å². The SMILES string of the molecule is O=S(=O)(O)c1ccc([O][Zn][c]2cccc3c4nc5nc(nc6[nH]c(nc7nc(nc([nH]4)c23)-c2ccccc2-7)c2ccccc62)-c2ccccc2-5)cc1.[NaH].[NaH].[NaH].[NaH]. The number of nitrogens with zero attached hydrogens (tertiary/aromatic N) is 6. The van der Waals surface area contributed by atoms with Crippen LogP contribution in [0.2, 0.25) is 0 Å². The number of hydrogen-bond acceptors (Lipinski definition) is 9. The molecule has 8 aromatic rings. The molecule has 2 aliphatic heterocycles. The van der Waals surface area contributed by atoms with Gasteiger partial charge in [0.2, 0.25) is 0 Å². The summed E-state index contributed by atoms with van der Waals surface area (Å²) in [5, 5.41) is 3.50. The van der Waals surface area contributed by atoms with Crippen molar-refractivity contribution in [2.75, 3.05) is 0 Å². The van der Waals surface area contributed by atoms with E-state index in [0.717, 1.165) is 48.0 Å². The zero-order chi connectivity index (χ0) is 35.0. The quantitative estimate of drug-likeness (QED) is 0.172. The van der Waals surface area contributed by atoms with Gasteiger partial charge in [-0.2, -0.15) is 0 Å². The Balaban J connectivity index is 0.00000133. The van der Waals surface area contributed by atoms with Crippen LogP contribution in [0, 0.1) is 0 Å². The van der Waals surface area contributed by atoms with Crippen LogP contribution in [-0.4, -0.2) is 171 Å². The Bertz CT molecular complexity index is 3090. The third kappa shape index (κ3) is 7.93. The fourth-order valence-corrected chi connectivity index (χ4v) is 9.85. The first-order valence-electron chi connectivity index (χ1n) is 16.3. The molecule has 18 heteroatoms. The van der Waals surface area contributed by atoms with Crippen LogP contribution in [-0.2, 0) is 27.6 Å². The van der Waals surface area contributed by atoms with E-state index in [1.165, 1.54) is 12.1 Å². The molecule has 3 aromatic heterocycles. The average Bonchev–Trinajstić information content (AvgIpc) is 3.90. The van der Waals surface area contributed by atoms with Crippen molar-refractivity contribution in [1.82, 2.24) is 39.9 Å². The van der Waals surface area contributed by atoms with Crippen molar-refractivity contribution >= 4 is 177 Å². The van der Waals surface area contributed by atoms with Gasteiger partial charge in [0, 0.05) is 0 Å². The summed E-state index contributed by atoms with van der Waals surface area (Å²) in [5.41, 5.74) is 5.81.